The van der Waals surface area contributed by atoms with E-state index in [4.69, 9.17) is 4.84 Å². The number of pyridine rings is 1. The van der Waals surface area contributed by atoms with Crippen molar-refractivity contribution >= 4 is 33.3 Å². The van der Waals surface area contributed by atoms with Crippen molar-refractivity contribution in [2.75, 3.05) is 65.3 Å². The van der Waals surface area contributed by atoms with E-state index in [-0.39, 0.29) is 0 Å². The van der Waals surface area contributed by atoms with Gasteiger partial charge in [-0.3, -0.25) is 4.40 Å². The van der Waals surface area contributed by atoms with Crippen molar-refractivity contribution in [2.24, 2.45) is 5.16 Å². The minimum absolute atomic E-state index is 0.336. The number of imidazole rings is 1. The Hall–Kier alpha value is -3.73. The molecule has 0 saturated carbocycles. The highest BCUT2D eigenvalue weighted by molar-refractivity contribution is 7.86. The number of rotatable bonds is 11. The summed E-state index contributed by atoms with van der Waals surface area (Å²) >= 11 is 0. The fourth-order valence-corrected chi connectivity index (χ4v) is 5.58. The zero-order valence-corrected chi connectivity index (χ0v) is 25.0. The molecule has 0 unspecified atom stereocenters. The molecule has 12 nitrogen and oxygen atoms in total. The van der Waals surface area contributed by atoms with Gasteiger partial charge in [-0.15, -0.1) is 0 Å². The quantitative estimate of drug-likeness (QED) is 0.192. The van der Waals surface area contributed by atoms with Crippen LogP contribution in [-0.4, -0.2) is 109 Å². The number of urea groups is 1. The van der Waals surface area contributed by atoms with Gasteiger partial charge in [-0.2, -0.15) is 30.2 Å². The fourth-order valence-electron chi connectivity index (χ4n) is 4.49. The molecule has 2 N–H and O–H groups in total. The highest BCUT2D eigenvalue weighted by Gasteiger charge is 2.29. The average Bonchev–Trinajstić information content (AvgIpc) is 3.39. The smallest absolute Gasteiger partial charge is 0.396 e. The van der Waals surface area contributed by atoms with E-state index in [0.29, 0.717) is 55.4 Å². The largest absolute Gasteiger partial charge is 0.405 e. The number of alkyl halides is 3. The number of halogens is 3. The fraction of sp³-hybridized carbons (Fsp3) is 0.444. The van der Waals surface area contributed by atoms with Gasteiger partial charge in [-0.1, -0.05) is 17.3 Å². The predicted octanol–water partition coefficient (Wildman–Crippen LogP) is 3.24. The number of carbonyl (C=O) groups excluding carboxylic acids is 1. The molecule has 16 heteroatoms. The molecule has 1 aromatic carbocycles. The summed E-state index contributed by atoms with van der Waals surface area (Å²) in [5.41, 5.74) is 3.92. The van der Waals surface area contributed by atoms with Crippen LogP contribution in [-0.2, 0) is 15.0 Å². The minimum Gasteiger partial charge on any atom is -0.396 e. The average molecular weight is 625 g/mol. The van der Waals surface area contributed by atoms with Crippen molar-refractivity contribution in [3.05, 3.63) is 54.4 Å². The molecule has 0 aliphatic carbocycles. The van der Waals surface area contributed by atoms with Gasteiger partial charge in [-0.25, -0.2) is 9.78 Å². The van der Waals surface area contributed by atoms with Crippen molar-refractivity contribution in [2.45, 2.75) is 19.5 Å². The lowest BCUT2D eigenvalue weighted by Gasteiger charge is -2.35. The third kappa shape index (κ3) is 8.65. The topological polar surface area (TPSA) is 124 Å². The molecule has 3 aromatic rings. The predicted molar refractivity (Wildman–Crippen MR) is 157 cm³/mol. The Kier molecular flexibility index (Phi) is 10.3. The molecule has 4 rings (SSSR count). The number of fused-ring (bicyclic) bond motifs is 1. The summed E-state index contributed by atoms with van der Waals surface area (Å²) in [5, 5.41) is 8.42. The normalized spacial score (nSPS) is 15.7. The molecular weight excluding hydrogens is 589 g/mol. The van der Waals surface area contributed by atoms with Crippen LogP contribution < -0.4 is 10.6 Å². The molecule has 43 heavy (non-hydrogen) atoms. The van der Waals surface area contributed by atoms with Crippen LogP contribution in [0.15, 0.2) is 53.9 Å². The Bertz CT molecular complexity index is 1550. The second kappa shape index (κ2) is 13.7. The van der Waals surface area contributed by atoms with Gasteiger partial charge in [0.2, 0.25) is 0 Å². The van der Waals surface area contributed by atoms with Crippen LogP contribution in [0.1, 0.15) is 18.9 Å². The molecule has 1 aliphatic rings. The standard InChI is InChI=1S/C27H35F3N8O4S/c1-20(34-42-15-5-9-36-11-13-37(14-12-36)43(40,41)35(2)3)21-8-10-38-24(18-31-25(38)17-21)22-6-4-7-23(16-22)33-26(39)32-19-27(28,29)30/h4,6-8,10,16-18H,5,9,11-15,19H2,1-3H3,(H2,32,33,39)/b34-20+. The van der Waals surface area contributed by atoms with Gasteiger partial charge >= 0.3 is 12.2 Å². The third-order valence-corrected chi connectivity index (χ3v) is 8.77. The summed E-state index contributed by atoms with van der Waals surface area (Å²) in [6.45, 7) is 3.86. The molecule has 0 radical (unpaired) electrons. The van der Waals surface area contributed by atoms with E-state index in [0.717, 1.165) is 24.2 Å². The molecule has 0 bridgehead atoms. The number of nitrogens with one attached hydrogen (secondary N) is 2. The lowest BCUT2D eigenvalue weighted by atomic mass is 10.1. The summed E-state index contributed by atoms with van der Waals surface area (Å²) < 4.78 is 66.2. The van der Waals surface area contributed by atoms with Gasteiger partial charge < -0.3 is 20.4 Å². The van der Waals surface area contributed by atoms with E-state index in [1.54, 1.807) is 29.7 Å². The second-order valence-electron chi connectivity index (χ2n) is 10.2. The second-order valence-corrected chi connectivity index (χ2v) is 12.3. The number of anilines is 1. The monoisotopic (exact) mass is 624 g/mol. The van der Waals surface area contributed by atoms with Gasteiger partial charge in [0, 0.05) is 69.8 Å². The van der Waals surface area contributed by atoms with Crippen molar-refractivity contribution in [3.8, 4) is 11.3 Å². The summed E-state index contributed by atoms with van der Waals surface area (Å²) in [7, 11) is -0.311. The zero-order chi connectivity index (χ0) is 31.2. The molecule has 3 heterocycles. The van der Waals surface area contributed by atoms with Gasteiger partial charge in [0.25, 0.3) is 10.2 Å². The van der Waals surface area contributed by atoms with E-state index in [1.165, 1.54) is 22.7 Å². The first-order chi connectivity index (χ1) is 20.3. The zero-order valence-electron chi connectivity index (χ0n) is 24.1. The summed E-state index contributed by atoms with van der Waals surface area (Å²) in [5.74, 6) is 0. The van der Waals surface area contributed by atoms with Crippen LogP contribution in [0.3, 0.4) is 0 Å². The SMILES string of the molecule is C/C(=N\OCCCN1CCN(S(=O)(=O)N(C)C)CC1)c1ccn2c(-c3cccc(NC(=O)NCC(F)(F)F)c3)cnc2c1. The lowest BCUT2D eigenvalue weighted by Crippen LogP contribution is -2.51. The maximum absolute atomic E-state index is 12.4. The van der Waals surface area contributed by atoms with Crippen LogP contribution in [0.5, 0.6) is 0 Å². The van der Waals surface area contributed by atoms with Crippen LogP contribution in [0.2, 0.25) is 0 Å². The van der Waals surface area contributed by atoms with Gasteiger partial charge in [0.15, 0.2) is 0 Å². The molecule has 234 valence electrons. The van der Waals surface area contributed by atoms with Crippen LogP contribution in [0.4, 0.5) is 23.7 Å². The van der Waals surface area contributed by atoms with E-state index in [2.05, 4.69) is 20.4 Å². The van der Waals surface area contributed by atoms with Crippen LogP contribution in [0, 0.1) is 0 Å². The first kappa shape index (κ1) is 32.2. The maximum Gasteiger partial charge on any atom is 0.405 e. The Morgan fingerprint density at radius 3 is 2.58 bits per heavy atom. The molecule has 1 aliphatic heterocycles. The molecule has 1 fully saturated rings. The molecule has 0 atom stereocenters. The van der Waals surface area contributed by atoms with Crippen molar-refractivity contribution < 1.29 is 31.2 Å². The number of oxime groups is 1. The van der Waals surface area contributed by atoms with Crippen LogP contribution in [0.25, 0.3) is 16.9 Å². The number of benzene rings is 1. The molecule has 2 aromatic heterocycles. The first-order valence-electron chi connectivity index (χ1n) is 13.6. The molecule has 2 amide bonds. The number of nitrogens with zero attached hydrogens (tertiary/aromatic N) is 6. The van der Waals surface area contributed by atoms with Gasteiger partial charge in [-0.05, 0) is 37.6 Å². The first-order valence-corrected chi connectivity index (χ1v) is 15.0. The Labute approximate surface area is 248 Å². The number of hydrogen-bond donors (Lipinski definition) is 2. The third-order valence-electron chi connectivity index (χ3n) is 6.83. The van der Waals surface area contributed by atoms with E-state index in [9.17, 15) is 26.4 Å². The van der Waals surface area contributed by atoms with Gasteiger partial charge in [0.1, 0.15) is 18.8 Å². The Morgan fingerprint density at radius 2 is 1.88 bits per heavy atom. The maximum atomic E-state index is 12.4. The van der Waals surface area contributed by atoms with Gasteiger partial charge in [0.05, 0.1) is 17.6 Å². The summed E-state index contributed by atoms with van der Waals surface area (Å²) in [4.78, 5) is 24.0. The number of carbonyl (C=O) groups is 1. The number of piperazine rings is 1. The Balaban J connectivity index is 1.28. The summed E-state index contributed by atoms with van der Waals surface area (Å²) in [6, 6.07) is 9.50. The van der Waals surface area contributed by atoms with E-state index < -0.39 is 29.0 Å². The summed E-state index contributed by atoms with van der Waals surface area (Å²) in [6.07, 6.45) is -0.251. The van der Waals surface area contributed by atoms with Crippen LogP contribution >= 0.6 is 0 Å². The molecule has 0 spiro atoms. The molecule has 1 saturated heterocycles. The van der Waals surface area contributed by atoms with Crippen molar-refractivity contribution in [3.63, 3.8) is 0 Å². The minimum atomic E-state index is -4.50. The van der Waals surface area contributed by atoms with Crippen molar-refractivity contribution in [1.29, 1.82) is 0 Å². The van der Waals surface area contributed by atoms with E-state index >= 15 is 0 Å². The number of hydrogen-bond acceptors (Lipinski definition) is 7. The lowest BCUT2D eigenvalue weighted by molar-refractivity contribution is -0.122. The Morgan fingerprint density at radius 1 is 1.14 bits per heavy atom. The highest BCUT2D eigenvalue weighted by Crippen LogP contribution is 2.24. The number of amides is 2. The van der Waals surface area contributed by atoms with E-state index in [1.807, 2.05) is 35.7 Å². The van der Waals surface area contributed by atoms with Crippen molar-refractivity contribution in [1.82, 2.24) is 28.2 Å². The number of aromatic nitrogens is 2. The molecular formula is C27H35F3N8O4S. The highest BCUT2D eigenvalue weighted by atomic mass is 32.2.